The fourth-order valence-electron chi connectivity index (χ4n) is 3.07. The van der Waals surface area contributed by atoms with Crippen LogP contribution in [0.4, 0.5) is 11.4 Å². The van der Waals surface area contributed by atoms with Crippen LogP contribution in [-0.2, 0) is 14.8 Å². The topological polar surface area (TPSA) is 84.5 Å². The Labute approximate surface area is 183 Å². The molecular formula is C24H26N2O4S. The van der Waals surface area contributed by atoms with E-state index < -0.39 is 10.0 Å². The molecule has 0 radical (unpaired) electrons. The molecule has 6 nitrogen and oxygen atoms in total. The minimum atomic E-state index is -3.74. The van der Waals surface area contributed by atoms with E-state index in [1.165, 1.54) is 12.1 Å². The number of nitrogens with one attached hydrogen (secondary N) is 2. The number of amides is 1. The van der Waals surface area contributed by atoms with Gasteiger partial charge in [0.2, 0.25) is 0 Å². The lowest BCUT2D eigenvalue weighted by atomic mass is 10.1. The van der Waals surface area contributed by atoms with Crippen molar-refractivity contribution in [1.29, 1.82) is 0 Å². The fourth-order valence-corrected chi connectivity index (χ4v) is 4.20. The third-order valence-corrected chi connectivity index (χ3v) is 6.37. The number of carbonyl (C=O) groups excluding carboxylic acids is 1. The van der Waals surface area contributed by atoms with E-state index in [2.05, 4.69) is 10.0 Å². The van der Waals surface area contributed by atoms with E-state index in [0.29, 0.717) is 17.1 Å². The highest BCUT2D eigenvalue weighted by atomic mass is 32.2. The monoisotopic (exact) mass is 438 g/mol. The lowest BCUT2D eigenvalue weighted by Gasteiger charge is -2.12. The van der Waals surface area contributed by atoms with Gasteiger partial charge in [0.15, 0.2) is 6.61 Å². The van der Waals surface area contributed by atoms with Crippen molar-refractivity contribution < 1.29 is 17.9 Å². The van der Waals surface area contributed by atoms with Crippen molar-refractivity contribution in [2.75, 3.05) is 16.6 Å². The van der Waals surface area contributed by atoms with Crippen LogP contribution in [0.15, 0.2) is 65.6 Å². The number of hydrogen-bond acceptors (Lipinski definition) is 4. The van der Waals surface area contributed by atoms with Crippen molar-refractivity contribution in [3.8, 4) is 5.75 Å². The number of ether oxygens (including phenoxy) is 1. The highest BCUT2D eigenvalue weighted by Crippen LogP contribution is 2.22. The van der Waals surface area contributed by atoms with Gasteiger partial charge in [-0.15, -0.1) is 0 Å². The fraction of sp³-hybridized carbons (Fsp3) is 0.208. The average molecular weight is 439 g/mol. The van der Waals surface area contributed by atoms with Crippen LogP contribution in [0.5, 0.6) is 5.75 Å². The van der Waals surface area contributed by atoms with Crippen molar-refractivity contribution >= 4 is 27.3 Å². The molecule has 3 aromatic rings. The maximum Gasteiger partial charge on any atom is 0.262 e. The molecule has 0 aliphatic carbocycles. The summed E-state index contributed by atoms with van der Waals surface area (Å²) < 4.78 is 33.5. The van der Waals surface area contributed by atoms with Gasteiger partial charge in [-0.1, -0.05) is 29.8 Å². The summed E-state index contributed by atoms with van der Waals surface area (Å²) in [5, 5.41) is 2.71. The molecular weight excluding hydrogens is 412 g/mol. The van der Waals surface area contributed by atoms with Gasteiger partial charge in [-0.3, -0.25) is 9.52 Å². The van der Waals surface area contributed by atoms with Gasteiger partial charge >= 0.3 is 0 Å². The smallest absolute Gasteiger partial charge is 0.262 e. The molecule has 0 aromatic heterocycles. The van der Waals surface area contributed by atoms with Crippen LogP contribution in [0.3, 0.4) is 0 Å². The van der Waals surface area contributed by atoms with Crippen LogP contribution in [0.25, 0.3) is 0 Å². The second-order valence-corrected chi connectivity index (χ2v) is 9.17. The molecule has 0 aliphatic heterocycles. The molecule has 0 heterocycles. The third kappa shape index (κ3) is 5.64. The van der Waals surface area contributed by atoms with E-state index in [4.69, 9.17) is 4.74 Å². The van der Waals surface area contributed by atoms with Crippen LogP contribution in [-0.4, -0.2) is 20.9 Å². The summed E-state index contributed by atoms with van der Waals surface area (Å²) in [7, 11) is -3.74. The molecule has 0 atom stereocenters. The van der Waals surface area contributed by atoms with E-state index in [9.17, 15) is 13.2 Å². The quantitative estimate of drug-likeness (QED) is 0.558. The minimum absolute atomic E-state index is 0.108. The lowest BCUT2D eigenvalue weighted by Crippen LogP contribution is -2.20. The standard InChI is InChI=1S/C24H26N2O4S/c1-16-8-13-22(18(3)14-16)26-31(28,29)21-11-9-20(10-12-21)25-24(27)15-30-23-7-5-6-17(2)19(23)4/h5-14,26H,15H2,1-4H3,(H,25,27). The first-order valence-corrected chi connectivity index (χ1v) is 11.3. The molecule has 3 aromatic carbocycles. The molecule has 0 saturated heterocycles. The summed E-state index contributed by atoms with van der Waals surface area (Å²) in [6.07, 6.45) is 0. The Morgan fingerprint density at radius 2 is 1.61 bits per heavy atom. The van der Waals surface area contributed by atoms with E-state index in [0.717, 1.165) is 22.3 Å². The minimum Gasteiger partial charge on any atom is -0.483 e. The van der Waals surface area contributed by atoms with Crippen molar-refractivity contribution in [1.82, 2.24) is 0 Å². The summed E-state index contributed by atoms with van der Waals surface area (Å²) >= 11 is 0. The number of rotatable bonds is 7. The van der Waals surface area contributed by atoms with Gasteiger partial charge in [0.1, 0.15) is 5.75 Å². The van der Waals surface area contributed by atoms with Crippen molar-refractivity contribution in [3.63, 3.8) is 0 Å². The summed E-state index contributed by atoms with van der Waals surface area (Å²) in [5.41, 5.74) is 5.00. The number of carbonyl (C=O) groups is 1. The second kappa shape index (κ2) is 9.22. The summed E-state index contributed by atoms with van der Waals surface area (Å²) in [4.78, 5) is 12.3. The maximum absolute atomic E-state index is 12.7. The molecule has 1 amide bonds. The predicted octanol–water partition coefficient (Wildman–Crippen LogP) is 4.74. The molecule has 0 unspecified atom stereocenters. The van der Waals surface area contributed by atoms with Crippen LogP contribution < -0.4 is 14.8 Å². The van der Waals surface area contributed by atoms with Crippen molar-refractivity contribution in [2.24, 2.45) is 0 Å². The average Bonchev–Trinajstić information content (AvgIpc) is 2.71. The van der Waals surface area contributed by atoms with Crippen molar-refractivity contribution in [3.05, 3.63) is 82.9 Å². The van der Waals surface area contributed by atoms with Crippen LogP contribution in [0.2, 0.25) is 0 Å². The zero-order chi connectivity index (χ0) is 22.6. The Kier molecular flexibility index (Phi) is 6.65. The van der Waals surface area contributed by atoms with E-state index >= 15 is 0 Å². The molecule has 2 N–H and O–H groups in total. The van der Waals surface area contributed by atoms with Crippen LogP contribution >= 0.6 is 0 Å². The van der Waals surface area contributed by atoms with Crippen LogP contribution in [0.1, 0.15) is 22.3 Å². The Hall–Kier alpha value is -3.32. The first-order chi connectivity index (χ1) is 14.7. The Balaban J connectivity index is 1.62. The lowest BCUT2D eigenvalue weighted by molar-refractivity contribution is -0.118. The Bertz CT molecular complexity index is 1200. The first-order valence-electron chi connectivity index (χ1n) is 9.85. The number of benzene rings is 3. The van der Waals surface area contributed by atoms with Gasteiger partial charge in [0, 0.05) is 5.69 Å². The van der Waals surface area contributed by atoms with Gasteiger partial charge in [-0.05, 0) is 80.8 Å². The molecule has 0 bridgehead atoms. The number of aryl methyl sites for hydroxylation is 3. The van der Waals surface area contributed by atoms with Gasteiger partial charge in [-0.2, -0.15) is 0 Å². The molecule has 162 valence electrons. The van der Waals surface area contributed by atoms with E-state index in [1.54, 1.807) is 18.2 Å². The largest absolute Gasteiger partial charge is 0.483 e. The normalized spacial score (nSPS) is 11.1. The van der Waals surface area contributed by atoms with E-state index in [1.807, 2.05) is 58.0 Å². The second-order valence-electron chi connectivity index (χ2n) is 7.48. The Morgan fingerprint density at radius 1 is 0.903 bits per heavy atom. The Morgan fingerprint density at radius 3 is 2.29 bits per heavy atom. The molecule has 0 saturated carbocycles. The molecule has 0 aliphatic rings. The van der Waals surface area contributed by atoms with Gasteiger partial charge in [-0.25, -0.2) is 8.42 Å². The van der Waals surface area contributed by atoms with Gasteiger partial charge in [0.05, 0.1) is 10.6 Å². The zero-order valence-electron chi connectivity index (χ0n) is 18.0. The maximum atomic E-state index is 12.7. The number of anilines is 2. The van der Waals surface area contributed by atoms with Gasteiger partial charge in [0.25, 0.3) is 15.9 Å². The summed E-state index contributed by atoms with van der Waals surface area (Å²) in [6, 6.07) is 17.2. The van der Waals surface area contributed by atoms with Gasteiger partial charge < -0.3 is 10.1 Å². The SMILES string of the molecule is Cc1ccc(NS(=O)(=O)c2ccc(NC(=O)COc3cccc(C)c3C)cc2)c(C)c1. The van der Waals surface area contributed by atoms with E-state index in [-0.39, 0.29) is 17.4 Å². The summed E-state index contributed by atoms with van der Waals surface area (Å²) in [5.74, 6) is 0.332. The number of hydrogen-bond donors (Lipinski definition) is 2. The summed E-state index contributed by atoms with van der Waals surface area (Å²) in [6.45, 7) is 7.58. The molecule has 0 spiro atoms. The highest BCUT2D eigenvalue weighted by molar-refractivity contribution is 7.92. The number of sulfonamides is 1. The zero-order valence-corrected chi connectivity index (χ0v) is 18.8. The third-order valence-electron chi connectivity index (χ3n) is 4.99. The molecule has 0 fully saturated rings. The first kappa shape index (κ1) is 22.4. The highest BCUT2D eigenvalue weighted by Gasteiger charge is 2.15. The van der Waals surface area contributed by atoms with Crippen molar-refractivity contribution in [2.45, 2.75) is 32.6 Å². The molecule has 7 heteroatoms. The molecule has 3 rings (SSSR count). The van der Waals surface area contributed by atoms with Crippen LogP contribution in [0, 0.1) is 27.7 Å². The predicted molar refractivity (Wildman–Crippen MR) is 123 cm³/mol. The molecule has 31 heavy (non-hydrogen) atoms.